The Bertz CT molecular complexity index is 1150. The highest BCUT2D eigenvalue weighted by molar-refractivity contribution is 5.92. The molecule has 4 rings (SSSR count). The zero-order valence-electron chi connectivity index (χ0n) is 17.0. The molecule has 2 heterocycles. The van der Waals surface area contributed by atoms with E-state index < -0.39 is 0 Å². The lowest BCUT2D eigenvalue weighted by atomic mass is 10.0. The fourth-order valence-electron chi connectivity index (χ4n) is 3.31. The number of carbonyl (C=O) groups is 1. The summed E-state index contributed by atoms with van der Waals surface area (Å²) in [6.45, 7) is 4.25. The molecule has 1 atom stereocenters. The van der Waals surface area contributed by atoms with Crippen molar-refractivity contribution in [2.75, 3.05) is 0 Å². The molecule has 0 fully saturated rings. The van der Waals surface area contributed by atoms with E-state index >= 15 is 0 Å². The number of rotatable bonds is 7. The fraction of sp³-hybridized carbons (Fsp3) is 0.208. The molecule has 1 N–H and O–H groups in total. The molecule has 6 nitrogen and oxygen atoms in total. The van der Waals surface area contributed by atoms with Gasteiger partial charge in [-0.15, -0.1) is 0 Å². The highest BCUT2D eigenvalue weighted by atomic mass is 16.5. The van der Waals surface area contributed by atoms with Gasteiger partial charge < -0.3 is 14.6 Å². The second-order valence-electron chi connectivity index (χ2n) is 7.17. The molecule has 6 heteroatoms. The molecule has 0 saturated heterocycles. The molecule has 0 bridgehead atoms. The van der Waals surface area contributed by atoms with Crippen molar-refractivity contribution in [2.24, 2.45) is 0 Å². The number of ether oxygens (including phenoxy) is 1. The van der Waals surface area contributed by atoms with Crippen molar-refractivity contribution in [3.05, 3.63) is 89.6 Å². The quantitative estimate of drug-likeness (QED) is 0.472. The minimum atomic E-state index is -0.270. The molecular formula is C24H23N3O3. The van der Waals surface area contributed by atoms with Crippen molar-refractivity contribution < 1.29 is 14.1 Å². The lowest BCUT2D eigenvalue weighted by Crippen LogP contribution is -2.28. The molecule has 1 amide bonds. The van der Waals surface area contributed by atoms with Crippen LogP contribution in [0.3, 0.4) is 0 Å². The number of pyridine rings is 1. The van der Waals surface area contributed by atoms with Crippen molar-refractivity contribution in [2.45, 2.75) is 32.9 Å². The standard InChI is InChI=1S/C24H23N3O3/c1-3-21(17-9-7-16(2)8-10-17)26-24(28)22-13-19(30-27-22)15-29-23-6-4-5-18-14-25-12-11-20(18)23/h4-14,21H,3,15H2,1-2H3,(H,26,28). The van der Waals surface area contributed by atoms with Gasteiger partial charge in [0.15, 0.2) is 11.5 Å². The Morgan fingerprint density at radius 1 is 1.17 bits per heavy atom. The van der Waals surface area contributed by atoms with E-state index in [0.29, 0.717) is 5.76 Å². The largest absolute Gasteiger partial charge is 0.485 e. The number of carbonyl (C=O) groups excluding carboxylic acids is 1. The summed E-state index contributed by atoms with van der Waals surface area (Å²) < 4.78 is 11.2. The van der Waals surface area contributed by atoms with Crippen LogP contribution < -0.4 is 10.1 Å². The molecule has 0 spiro atoms. The average Bonchev–Trinajstić information content (AvgIpc) is 3.26. The summed E-state index contributed by atoms with van der Waals surface area (Å²) in [6, 6.07) is 17.4. The van der Waals surface area contributed by atoms with Crippen molar-refractivity contribution in [1.29, 1.82) is 0 Å². The van der Waals surface area contributed by atoms with Crippen LogP contribution >= 0.6 is 0 Å². The van der Waals surface area contributed by atoms with E-state index in [-0.39, 0.29) is 24.2 Å². The smallest absolute Gasteiger partial charge is 0.273 e. The van der Waals surface area contributed by atoms with E-state index in [9.17, 15) is 4.79 Å². The Morgan fingerprint density at radius 2 is 2.00 bits per heavy atom. The third kappa shape index (κ3) is 4.33. The number of fused-ring (bicyclic) bond motifs is 1. The number of amides is 1. The van der Waals surface area contributed by atoms with Crippen molar-refractivity contribution in [3.8, 4) is 5.75 Å². The Morgan fingerprint density at radius 3 is 2.80 bits per heavy atom. The van der Waals surface area contributed by atoms with Gasteiger partial charge in [0, 0.05) is 29.2 Å². The molecule has 0 aliphatic rings. The van der Waals surface area contributed by atoms with Gasteiger partial charge in [-0.2, -0.15) is 0 Å². The number of aryl methyl sites for hydroxylation is 1. The lowest BCUT2D eigenvalue weighted by molar-refractivity contribution is 0.0926. The molecule has 1 unspecified atom stereocenters. The fourth-order valence-corrected chi connectivity index (χ4v) is 3.31. The highest BCUT2D eigenvalue weighted by Gasteiger charge is 2.18. The van der Waals surface area contributed by atoms with Crippen LogP contribution in [0.1, 0.15) is 46.8 Å². The predicted molar refractivity (Wildman–Crippen MR) is 114 cm³/mol. The zero-order valence-corrected chi connectivity index (χ0v) is 17.0. The second-order valence-corrected chi connectivity index (χ2v) is 7.17. The summed E-state index contributed by atoms with van der Waals surface area (Å²) in [6.07, 6.45) is 4.29. The third-order valence-electron chi connectivity index (χ3n) is 5.00. The predicted octanol–water partition coefficient (Wildman–Crippen LogP) is 4.99. The van der Waals surface area contributed by atoms with Gasteiger partial charge >= 0.3 is 0 Å². The summed E-state index contributed by atoms with van der Waals surface area (Å²) in [7, 11) is 0. The molecule has 0 saturated carbocycles. The van der Waals surface area contributed by atoms with Crippen LogP contribution in [-0.4, -0.2) is 16.0 Å². The molecule has 152 valence electrons. The maximum Gasteiger partial charge on any atom is 0.273 e. The van der Waals surface area contributed by atoms with E-state index in [4.69, 9.17) is 9.26 Å². The molecule has 0 aliphatic carbocycles. The summed E-state index contributed by atoms with van der Waals surface area (Å²) in [5, 5.41) is 8.89. The normalized spacial score (nSPS) is 11.9. The van der Waals surface area contributed by atoms with Crippen molar-refractivity contribution in [3.63, 3.8) is 0 Å². The number of nitrogens with zero attached hydrogens (tertiary/aromatic N) is 2. The Kier molecular flexibility index (Phi) is 5.75. The van der Waals surface area contributed by atoms with Crippen LogP contribution in [0.15, 0.2) is 71.5 Å². The maximum atomic E-state index is 12.6. The van der Waals surface area contributed by atoms with E-state index in [2.05, 4.69) is 15.5 Å². The van der Waals surface area contributed by atoms with Gasteiger partial charge in [-0.25, -0.2) is 0 Å². The molecule has 2 aromatic carbocycles. The Labute approximate surface area is 174 Å². The van der Waals surface area contributed by atoms with E-state index in [1.54, 1.807) is 18.5 Å². The van der Waals surface area contributed by atoms with Gasteiger partial charge in [0.1, 0.15) is 12.4 Å². The third-order valence-corrected chi connectivity index (χ3v) is 5.00. The van der Waals surface area contributed by atoms with Gasteiger partial charge in [0.2, 0.25) is 0 Å². The maximum absolute atomic E-state index is 12.6. The Hall–Kier alpha value is -3.67. The van der Waals surface area contributed by atoms with E-state index in [1.165, 1.54) is 5.56 Å². The van der Waals surface area contributed by atoms with Gasteiger partial charge in [-0.05, 0) is 31.0 Å². The summed E-state index contributed by atoms with van der Waals surface area (Å²) in [5.41, 5.74) is 2.48. The average molecular weight is 401 g/mol. The lowest BCUT2D eigenvalue weighted by Gasteiger charge is -2.16. The topological polar surface area (TPSA) is 77.2 Å². The van der Waals surface area contributed by atoms with Crippen molar-refractivity contribution >= 4 is 16.7 Å². The monoisotopic (exact) mass is 401 g/mol. The van der Waals surface area contributed by atoms with Crippen molar-refractivity contribution in [1.82, 2.24) is 15.5 Å². The number of aromatic nitrogens is 2. The first-order valence-electron chi connectivity index (χ1n) is 9.92. The van der Waals surface area contributed by atoms with Crippen LogP contribution in [0.25, 0.3) is 10.8 Å². The van der Waals surface area contributed by atoms with Crippen LogP contribution in [-0.2, 0) is 6.61 Å². The summed E-state index contributed by atoms with van der Waals surface area (Å²) in [5.74, 6) is 0.936. The molecule has 0 aliphatic heterocycles. The minimum absolute atomic E-state index is 0.0845. The number of hydrogen-bond acceptors (Lipinski definition) is 5. The number of nitrogens with one attached hydrogen (secondary N) is 1. The number of hydrogen-bond donors (Lipinski definition) is 1. The SMILES string of the molecule is CCC(NC(=O)c1cc(COc2cccc3cnccc23)on1)c1ccc(C)cc1. The second kappa shape index (κ2) is 8.78. The van der Waals surface area contributed by atoms with Crippen LogP contribution in [0.4, 0.5) is 0 Å². The van der Waals surface area contributed by atoms with Gasteiger partial charge in [-0.1, -0.05) is 54.0 Å². The number of benzene rings is 2. The molecule has 2 aromatic heterocycles. The molecule has 30 heavy (non-hydrogen) atoms. The van der Waals surface area contributed by atoms with E-state index in [1.807, 2.05) is 62.4 Å². The van der Waals surface area contributed by atoms with Crippen LogP contribution in [0.2, 0.25) is 0 Å². The first-order chi connectivity index (χ1) is 14.6. The molecule has 0 radical (unpaired) electrons. The van der Waals surface area contributed by atoms with E-state index in [0.717, 1.165) is 28.5 Å². The first-order valence-corrected chi connectivity index (χ1v) is 9.92. The van der Waals surface area contributed by atoms with Gasteiger partial charge in [0.25, 0.3) is 5.91 Å². The Balaban J connectivity index is 1.41. The summed E-state index contributed by atoms with van der Waals surface area (Å²) >= 11 is 0. The van der Waals surface area contributed by atoms with Crippen LogP contribution in [0.5, 0.6) is 5.75 Å². The highest BCUT2D eigenvalue weighted by Crippen LogP contribution is 2.25. The first kappa shape index (κ1) is 19.6. The molecule has 4 aromatic rings. The zero-order chi connectivity index (χ0) is 20.9. The van der Waals surface area contributed by atoms with Gasteiger partial charge in [-0.3, -0.25) is 9.78 Å². The molecular weight excluding hydrogens is 378 g/mol. The van der Waals surface area contributed by atoms with Crippen LogP contribution in [0, 0.1) is 6.92 Å². The summed E-state index contributed by atoms with van der Waals surface area (Å²) in [4.78, 5) is 16.8. The minimum Gasteiger partial charge on any atom is -0.485 e. The van der Waals surface area contributed by atoms with Gasteiger partial charge in [0.05, 0.1) is 6.04 Å².